The minimum absolute atomic E-state index is 0.283. The van der Waals surface area contributed by atoms with Gasteiger partial charge in [0, 0.05) is 4.88 Å². The molecule has 0 spiro atoms. The maximum Gasteiger partial charge on any atom is 0.306 e. The van der Waals surface area contributed by atoms with Crippen LogP contribution in [0.25, 0.3) is 10.2 Å². The van der Waals surface area contributed by atoms with E-state index in [1.807, 2.05) is 0 Å². The van der Waals surface area contributed by atoms with Crippen molar-refractivity contribution in [2.45, 2.75) is 38.3 Å². The summed E-state index contributed by atoms with van der Waals surface area (Å²) in [4.78, 5) is 21.7. The van der Waals surface area contributed by atoms with Crippen molar-refractivity contribution in [1.82, 2.24) is 9.97 Å². The Labute approximate surface area is 125 Å². The van der Waals surface area contributed by atoms with Crippen LogP contribution in [0.1, 0.15) is 24.6 Å². The second-order valence-corrected chi connectivity index (χ2v) is 6.45. The van der Waals surface area contributed by atoms with Crippen molar-refractivity contribution >= 4 is 33.3 Å². The summed E-state index contributed by atoms with van der Waals surface area (Å²) >= 11 is 1.63. The van der Waals surface area contributed by atoms with Gasteiger partial charge in [-0.15, -0.1) is 11.3 Å². The van der Waals surface area contributed by atoms with Crippen LogP contribution in [0.4, 0.5) is 5.82 Å². The molecule has 1 fully saturated rings. The van der Waals surface area contributed by atoms with Gasteiger partial charge in [-0.25, -0.2) is 9.97 Å². The Bertz CT molecular complexity index is 673. The van der Waals surface area contributed by atoms with Gasteiger partial charge in [-0.1, -0.05) is 6.92 Å². The van der Waals surface area contributed by atoms with E-state index in [4.69, 9.17) is 5.11 Å². The van der Waals surface area contributed by atoms with E-state index in [-0.39, 0.29) is 12.5 Å². The summed E-state index contributed by atoms with van der Waals surface area (Å²) in [5.74, 6) is -0.676. The van der Waals surface area contributed by atoms with Gasteiger partial charge in [0.15, 0.2) is 0 Å². The number of nitrogens with one attached hydrogen (secondary N) is 1. The third kappa shape index (κ3) is 2.71. The zero-order valence-corrected chi connectivity index (χ0v) is 12.4. The van der Waals surface area contributed by atoms with Gasteiger partial charge in [0.2, 0.25) is 0 Å². The van der Waals surface area contributed by atoms with E-state index >= 15 is 0 Å². The first-order chi connectivity index (χ1) is 10.1. The second kappa shape index (κ2) is 5.57. The highest BCUT2D eigenvalue weighted by molar-refractivity contribution is 7.18. The number of aliphatic hydroxyl groups is 1. The smallest absolute Gasteiger partial charge is 0.306 e. The molecule has 112 valence electrons. The molecule has 2 aromatic heterocycles. The highest BCUT2D eigenvalue weighted by Crippen LogP contribution is 2.32. The predicted molar refractivity (Wildman–Crippen MR) is 80.6 cm³/mol. The summed E-state index contributed by atoms with van der Waals surface area (Å²) in [6.07, 6.45) is 2.46. The lowest BCUT2D eigenvalue weighted by Crippen LogP contribution is -2.28. The first-order valence-corrected chi connectivity index (χ1v) is 7.81. The number of carbonyl (C=O) groups is 1. The lowest BCUT2D eigenvalue weighted by atomic mass is 10.1. The molecule has 3 rings (SSSR count). The lowest BCUT2D eigenvalue weighted by Gasteiger charge is -2.17. The van der Waals surface area contributed by atoms with Gasteiger partial charge in [-0.05, 0) is 25.3 Å². The average Bonchev–Trinajstić information content (AvgIpc) is 3.03. The molecule has 0 bridgehead atoms. The molecule has 0 saturated heterocycles. The topological polar surface area (TPSA) is 95.3 Å². The number of anilines is 1. The van der Waals surface area contributed by atoms with Gasteiger partial charge in [-0.2, -0.15) is 0 Å². The van der Waals surface area contributed by atoms with Crippen LogP contribution in [0.5, 0.6) is 0 Å². The Morgan fingerprint density at radius 3 is 2.95 bits per heavy atom. The molecule has 3 N–H and O–H groups in total. The Hall–Kier alpha value is -1.73. The van der Waals surface area contributed by atoms with Crippen LogP contribution in [-0.4, -0.2) is 38.3 Å². The average molecular weight is 307 g/mol. The summed E-state index contributed by atoms with van der Waals surface area (Å²) in [5, 5.41) is 23.2. The standard InChI is InChI=1S/C14H17N3O3S/c1-2-8-5-9-12(15-6-16-13(9)21-8)17-10-3-7(14(19)20)4-11(10)18/h5-7,10-11,18H,2-4H2,1H3,(H,19,20)(H,15,16,17). The summed E-state index contributed by atoms with van der Waals surface area (Å²) in [5.41, 5.74) is 0. The van der Waals surface area contributed by atoms with Gasteiger partial charge < -0.3 is 15.5 Å². The van der Waals surface area contributed by atoms with Crippen LogP contribution in [-0.2, 0) is 11.2 Å². The number of hydrogen-bond donors (Lipinski definition) is 3. The van der Waals surface area contributed by atoms with Crippen LogP contribution >= 0.6 is 11.3 Å². The first kappa shape index (κ1) is 14.2. The van der Waals surface area contributed by atoms with Crippen LogP contribution < -0.4 is 5.32 Å². The van der Waals surface area contributed by atoms with Gasteiger partial charge in [-0.3, -0.25) is 4.79 Å². The number of aryl methyl sites for hydroxylation is 1. The maximum atomic E-state index is 11.0. The molecule has 1 aliphatic rings. The van der Waals surface area contributed by atoms with Crippen LogP contribution in [0, 0.1) is 5.92 Å². The van der Waals surface area contributed by atoms with Crippen molar-refractivity contribution < 1.29 is 15.0 Å². The number of thiophene rings is 1. The molecule has 0 radical (unpaired) electrons. The Kier molecular flexibility index (Phi) is 3.77. The number of aliphatic carboxylic acids is 1. The maximum absolute atomic E-state index is 11.0. The fourth-order valence-corrected chi connectivity index (χ4v) is 3.68. The summed E-state index contributed by atoms with van der Waals surface area (Å²) in [6, 6.07) is 1.77. The lowest BCUT2D eigenvalue weighted by molar-refractivity contribution is -0.141. The van der Waals surface area contributed by atoms with E-state index in [2.05, 4.69) is 28.3 Å². The zero-order chi connectivity index (χ0) is 15.0. The van der Waals surface area contributed by atoms with Crippen LogP contribution in [0.15, 0.2) is 12.4 Å². The Balaban J connectivity index is 1.85. The molecule has 3 atom stereocenters. The number of fused-ring (bicyclic) bond motifs is 1. The molecule has 1 saturated carbocycles. The molecule has 2 heterocycles. The Morgan fingerprint density at radius 2 is 2.29 bits per heavy atom. The van der Waals surface area contributed by atoms with E-state index < -0.39 is 18.0 Å². The minimum atomic E-state index is -0.852. The van der Waals surface area contributed by atoms with Gasteiger partial charge in [0.1, 0.15) is 17.0 Å². The van der Waals surface area contributed by atoms with Gasteiger partial charge in [0.05, 0.1) is 23.4 Å². The largest absolute Gasteiger partial charge is 0.481 e. The van der Waals surface area contributed by atoms with Gasteiger partial charge >= 0.3 is 5.97 Å². The number of carboxylic acid groups (broad SMARTS) is 1. The fourth-order valence-electron chi connectivity index (χ4n) is 2.74. The van der Waals surface area contributed by atoms with E-state index in [9.17, 15) is 9.90 Å². The van der Waals surface area contributed by atoms with Crippen molar-refractivity contribution in [1.29, 1.82) is 0 Å². The van der Waals surface area contributed by atoms with E-state index in [1.165, 1.54) is 11.2 Å². The minimum Gasteiger partial charge on any atom is -0.481 e. The van der Waals surface area contributed by atoms with Crippen LogP contribution in [0.2, 0.25) is 0 Å². The van der Waals surface area contributed by atoms with Crippen molar-refractivity contribution in [2.75, 3.05) is 5.32 Å². The summed E-state index contributed by atoms with van der Waals surface area (Å²) in [6.45, 7) is 2.09. The summed E-state index contributed by atoms with van der Waals surface area (Å²) in [7, 11) is 0. The molecule has 2 aromatic rings. The van der Waals surface area contributed by atoms with Crippen molar-refractivity contribution in [3.63, 3.8) is 0 Å². The third-order valence-electron chi connectivity index (χ3n) is 3.93. The fraction of sp³-hybridized carbons (Fsp3) is 0.500. The molecule has 1 aliphatic carbocycles. The third-order valence-corrected chi connectivity index (χ3v) is 5.12. The molecule has 0 amide bonds. The quantitative estimate of drug-likeness (QED) is 0.798. The summed E-state index contributed by atoms with van der Waals surface area (Å²) < 4.78 is 0. The number of hydrogen-bond acceptors (Lipinski definition) is 6. The number of rotatable bonds is 4. The number of aliphatic hydroxyl groups excluding tert-OH is 1. The van der Waals surface area contributed by atoms with Crippen molar-refractivity contribution in [2.24, 2.45) is 5.92 Å². The molecule has 0 aliphatic heterocycles. The Morgan fingerprint density at radius 1 is 1.48 bits per heavy atom. The molecule has 6 nitrogen and oxygen atoms in total. The van der Waals surface area contributed by atoms with E-state index in [0.717, 1.165) is 16.6 Å². The number of carboxylic acids is 1. The normalized spacial score (nSPS) is 25.3. The molecule has 7 heteroatoms. The second-order valence-electron chi connectivity index (χ2n) is 5.33. The predicted octanol–water partition coefficient (Wildman–Crippen LogP) is 1.89. The van der Waals surface area contributed by atoms with E-state index in [1.54, 1.807) is 11.3 Å². The number of nitrogens with zero attached hydrogens (tertiary/aromatic N) is 2. The highest BCUT2D eigenvalue weighted by atomic mass is 32.1. The molecule has 21 heavy (non-hydrogen) atoms. The number of aromatic nitrogens is 2. The van der Waals surface area contributed by atoms with E-state index in [0.29, 0.717) is 12.2 Å². The van der Waals surface area contributed by atoms with Crippen LogP contribution in [0.3, 0.4) is 0 Å². The molecule has 3 unspecified atom stereocenters. The van der Waals surface area contributed by atoms with Gasteiger partial charge in [0.25, 0.3) is 0 Å². The van der Waals surface area contributed by atoms with Crippen molar-refractivity contribution in [3.8, 4) is 0 Å². The SMILES string of the molecule is CCc1cc2c(NC3CC(C(=O)O)CC3O)ncnc2s1. The first-order valence-electron chi connectivity index (χ1n) is 6.99. The highest BCUT2D eigenvalue weighted by Gasteiger charge is 2.37. The molecular weight excluding hydrogens is 290 g/mol. The molecular formula is C14H17N3O3S. The monoisotopic (exact) mass is 307 g/mol. The molecule has 0 aromatic carbocycles. The van der Waals surface area contributed by atoms with Crippen molar-refractivity contribution in [3.05, 3.63) is 17.3 Å². The zero-order valence-electron chi connectivity index (χ0n) is 11.6.